The molecule has 0 aliphatic carbocycles. The van der Waals surface area contributed by atoms with Crippen LogP contribution in [0.15, 0.2) is 47.4 Å². The Kier molecular flexibility index (Phi) is 5.92. The second-order valence-corrected chi connectivity index (χ2v) is 7.46. The lowest BCUT2D eigenvalue weighted by Crippen LogP contribution is -2.31. The largest absolute Gasteiger partial charge is 0.469 e. The molecule has 1 unspecified atom stereocenters. The van der Waals surface area contributed by atoms with E-state index in [1.165, 1.54) is 19.2 Å². The normalized spacial score (nSPS) is 12.6. The first-order valence-corrected chi connectivity index (χ1v) is 9.13. The molecule has 5 nitrogen and oxygen atoms in total. The first-order valence-electron chi connectivity index (χ1n) is 7.65. The summed E-state index contributed by atoms with van der Waals surface area (Å²) >= 11 is 0. The lowest BCUT2D eigenvalue weighted by molar-refractivity contribution is -0.141. The molecule has 0 bridgehead atoms. The topological polar surface area (TPSA) is 72.5 Å². The third-order valence-corrected chi connectivity index (χ3v) is 5.43. The zero-order valence-electron chi connectivity index (χ0n) is 14.2. The van der Waals surface area contributed by atoms with Gasteiger partial charge in [0, 0.05) is 0 Å². The summed E-state index contributed by atoms with van der Waals surface area (Å²) < 4.78 is 46.0. The van der Waals surface area contributed by atoms with Crippen LogP contribution in [0, 0.1) is 19.7 Å². The minimum atomic E-state index is -4.02. The Hall–Kier alpha value is -2.25. The first kappa shape index (κ1) is 19.1. The first-order chi connectivity index (χ1) is 11.7. The van der Waals surface area contributed by atoms with Gasteiger partial charge in [-0.05, 0) is 37.1 Å². The Labute approximate surface area is 146 Å². The number of methoxy groups -OCH3 is 1. The van der Waals surface area contributed by atoms with Crippen LogP contribution in [0.25, 0.3) is 0 Å². The minimum Gasteiger partial charge on any atom is -0.469 e. The van der Waals surface area contributed by atoms with Gasteiger partial charge in [0.05, 0.1) is 24.5 Å². The van der Waals surface area contributed by atoms with E-state index in [4.69, 9.17) is 0 Å². The number of carbonyl (C=O) groups is 1. The van der Waals surface area contributed by atoms with Crippen molar-refractivity contribution in [2.45, 2.75) is 31.2 Å². The summed E-state index contributed by atoms with van der Waals surface area (Å²) in [7, 11) is -2.79. The van der Waals surface area contributed by atoms with Gasteiger partial charge in [-0.2, -0.15) is 0 Å². The second-order valence-electron chi connectivity index (χ2n) is 5.77. The summed E-state index contributed by atoms with van der Waals surface area (Å²) in [4.78, 5) is 11.5. The maximum absolute atomic E-state index is 13.5. The fourth-order valence-corrected chi connectivity index (χ4v) is 3.87. The number of nitrogens with one attached hydrogen (secondary N) is 1. The fraction of sp³-hybridized carbons (Fsp3) is 0.278. The molecule has 0 saturated heterocycles. The molecule has 0 radical (unpaired) electrons. The summed E-state index contributed by atoms with van der Waals surface area (Å²) in [6, 6.07) is 9.85. The van der Waals surface area contributed by atoms with Gasteiger partial charge in [0.25, 0.3) is 0 Å². The highest BCUT2D eigenvalue weighted by molar-refractivity contribution is 7.89. The second kappa shape index (κ2) is 7.76. The van der Waals surface area contributed by atoms with Crippen molar-refractivity contribution in [3.63, 3.8) is 0 Å². The van der Waals surface area contributed by atoms with E-state index in [1.807, 2.05) is 19.1 Å². The lowest BCUT2D eigenvalue weighted by Gasteiger charge is -2.19. The Bertz CT molecular complexity index is 863. The van der Waals surface area contributed by atoms with Gasteiger partial charge in [-0.3, -0.25) is 4.79 Å². The van der Waals surface area contributed by atoms with Crippen LogP contribution < -0.4 is 4.72 Å². The summed E-state index contributed by atoms with van der Waals surface area (Å²) in [5, 5.41) is 0. The average Bonchev–Trinajstić information content (AvgIpc) is 2.56. The van der Waals surface area contributed by atoms with Crippen LogP contribution >= 0.6 is 0 Å². The van der Waals surface area contributed by atoms with Gasteiger partial charge < -0.3 is 4.74 Å². The van der Waals surface area contributed by atoms with Crippen molar-refractivity contribution in [1.29, 1.82) is 0 Å². The Morgan fingerprint density at radius 3 is 2.40 bits per heavy atom. The van der Waals surface area contributed by atoms with Crippen LogP contribution in [0.1, 0.15) is 29.2 Å². The van der Waals surface area contributed by atoms with Crippen LogP contribution in [0.3, 0.4) is 0 Å². The number of benzene rings is 2. The Morgan fingerprint density at radius 1 is 1.16 bits per heavy atom. The maximum atomic E-state index is 13.5. The van der Waals surface area contributed by atoms with Crippen LogP contribution in [0.4, 0.5) is 4.39 Å². The van der Waals surface area contributed by atoms with Gasteiger partial charge in [-0.1, -0.05) is 35.9 Å². The Morgan fingerprint density at radius 2 is 1.80 bits per heavy atom. The van der Waals surface area contributed by atoms with E-state index in [-0.39, 0.29) is 11.3 Å². The van der Waals surface area contributed by atoms with Gasteiger partial charge in [-0.15, -0.1) is 0 Å². The molecule has 2 aromatic rings. The highest BCUT2D eigenvalue weighted by Crippen LogP contribution is 2.23. The number of halogens is 1. The molecule has 1 N–H and O–H groups in total. The molecule has 0 spiro atoms. The molecular weight excluding hydrogens is 345 g/mol. The number of hydrogen-bond acceptors (Lipinski definition) is 4. The number of carbonyl (C=O) groups excluding carboxylic acids is 1. The summed E-state index contributed by atoms with van der Waals surface area (Å²) in [6.45, 7) is 3.48. The van der Waals surface area contributed by atoms with Gasteiger partial charge in [0.2, 0.25) is 10.0 Å². The van der Waals surface area contributed by atoms with E-state index in [9.17, 15) is 17.6 Å². The molecule has 2 rings (SSSR count). The molecule has 134 valence electrons. The molecule has 25 heavy (non-hydrogen) atoms. The third-order valence-electron chi connectivity index (χ3n) is 3.82. The van der Waals surface area contributed by atoms with E-state index in [0.717, 1.165) is 11.6 Å². The Balaban J connectivity index is 2.39. The molecule has 0 fully saturated rings. The molecule has 1 atom stereocenters. The van der Waals surface area contributed by atoms with Crippen molar-refractivity contribution in [2.75, 3.05) is 7.11 Å². The molecule has 7 heteroatoms. The van der Waals surface area contributed by atoms with Crippen molar-refractivity contribution in [2.24, 2.45) is 0 Å². The number of ether oxygens (including phenoxy) is 1. The van der Waals surface area contributed by atoms with Crippen molar-refractivity contribution in [3.8, 4) is 0 Å². The third kappa shape index (κ3) is 4.87. The van der Waals surface area contributed by atoms with E-state index in [0.29, 0.717) is 11.1 Å². The SMILES string of the molecule is COC(=O)CC(NS(=O)(=O)c1cc(F)ccc1C)c1ccc(C)cc1. The maximum Gasteiger partial charge on any atom is 0.307 e. The number of aryl methyl sites for hydroxylation is 2. The molecule has 0 aromatic heterocycles. The predicted molar refractivity (Wildman–Crippen MR) is 92.0 cm³/mol. The molecule has 0 amide bonds. The minimum absolute atomic E-state index is 0.158. The van der Waals surface area contributed by atoms with Crippen molar-refractivity contribution in [3.05, 3.63) is 65.0 Å². The standard InChI is InChI=1S/C18H20FNO4S/c1-12-4-7-14(8-5-12)16(11-18(21)24-3)20-25(22,23)17-10-15(19)9-6-13(17)2/h4-10,16,20H,11H2,1-3H3. The monoisotopic (exact) mass is 365 g/mol. The zero-order valence-corrected chi connectivity index (χ0v) is 15.1. The highest BCUT2D eigenvalue weighted by atomic mass is 32.2. The zero-order chi connectivity index (χ0) is 18.6. The van der Waals surface area contributed by atoms with E-state index in [2.05, 4.69) is 9.46 Å². The molecule has 2 aromatic carbocycles. The van der Waals surface area contributed by atoms with Gasteiger partial charge >= 0.3 is 5.97 Å². The van der Waals surface area contributed by atoms with E-state index >= 15 is 0 Å². The highest BCUT2D eigenvalue weighted by Gasteiger charge is 2.25. The van der Waals surface area contributed by atoms with Gasteiger partial charge in [0.1, 0.15) is 5.82 Å². The summed E-state index contributed by atoms with van der Waals surface area (Å²) in [5.74, 6) is -1.20. The van der Waals surface area contributed by atoms with E-state index < -0.39 is 27.9 Å². The van der Waals surface area contributed by atoms with Crippen LogP contribution in [0.2, 0.25) is 0 Å². The number of sulfonamides is 1. The summed E-state index contributed by atoms with van der Waals surface area (Å²) in [5.41, 5.74) is 2.03. The molecule has 0 heterocycles. The van der Waals surface area contributed by atoms with Crippen LogP contribution in [-0.2, 0) is 19.6 Å². The molecule has 0 saturated carbocycles. The van der Waals surface area contributed by atoms with Gasteiger partial charge in [-0.25, -0.2) is 17.5 Å². The van der Waals surface area contributed by atoms with Crippen LogP contribution in [0.5, 0.6) is 0 Å². The van der Waals surface area contributed by atoms with Gasteiger partial charge in [0.15, 0.2) is 0 Å². The molecular formula is C18H20FNO4S. The molecule has 0 aliphatic rings. The smallest absolute Gasteiger partial charge is 0.307 e. The predicted octanol–water partition coefficient (Wildman–Crippen LogP) is 3.03. The van der Waals surface area contributed by atoms with Crippen LogP contribution in [-0.4, -0.2) is 21.5 Å². The fourth-order valence-electron chi connectivity index (χ4n) is 2.39. The number of esters is 1. The van der Waals surface area contributed by atoms with Crippen molar-refractivity contribution in [1.82, 2.24) is 4.72 Å². The lowest BCUT2D eigenvalue weighted by atomic mass is 10.0. The quantitative estimate of drug-likeness (QED) is 0.799. The average molecular weight is 365 g/mol. The molecule has 0 aliphatic heterocycles. The number of rotatable bonds is 6. The number of hydrogen-bond donors (Lipinski definition) is 1. The summed E-state index contributed by atoms with van der Waals surface area (Å²) in [6.07, 6.45) is -0.173. The van der Waals surface area contributed by atoms with Crippen molar-refractivity contribution >= 4 is 16.0 Å². The van der Waals surface area contributed by atoms with Crippen molar-refractivity contribution < 1.29 is 22.3 Å². The van der Waals surface area contributed by atoms with E-state index in [1.54, 1.807) is 19.1 Å².